The van der Waals surface area contributed by atoms with E-state index in [1.165, 1.54) is 19.5 Å². The third kappa shape index (κ3) is 5.79. The van der Waals surface area contributed by atoms with Crippen LogP contribution in [0.1, 0.15) is 32.4 Å². The van der Waals surface area contributed by atoms with Gasteiger partial charge in [-0.1, -0.05) is 13.8 Å². The van der Waals surface area contributed by atoms with Gasteiger partial charge in [-0.15, -0.1) is 0 Å². The van der Waals surface area contributed by atoms with Gasteiger partial charge in [0, 0.05) is 19.6 Å². The molecule has 21 heavy (non-hydrogen) atoms. The molecule has 118 valence electrons. The summed E-state index contributed by atoms with van der Waals surface area (Å²) in [6.45, 7) is 9.64. The summed E-state index contributed by atoms with van der Waals surface area (Å²) in [5.41, 5.74) is 5.84. The maximum absolute atomic E-state index is 5.84. The molecule has 0 amide bonds. The van der Waals surface area contributed by atoms with Crippen molar-refractivity contribution in [2.75, 3.05) is 26.2 Å². The number of nitrogens with two attached hydrogens (primary N) is 1. The first-order valence-corrected chi connectivity index (χ1v) is 7.92. The van der Waals surface area contributed by atoms with Crippen molar-refractivity contribution in [3.63, 3.8) is 0 Å². The summed E-state index contributed by atoms with van der Waals surface area (Å²) < 4.78 is 5.21. The van der Waals surface area contributed by atoms with E-state index < -0.39 is 0 Å². The Morgan fingerprint density at radius 2 is 2.19 bits per heavy atom. The second kappa shape index (κ2) is 8.08. The number of piperidine rings is 1. The molecular weight excluding hydrogens is 264 g/mol. The molecule has 3 N–H and O–H groups in total. The van der Waals surface area contributed by atoms with E-state index in [0.717, 1.165) is 37.1 Å². The molecule has 0 aliphatic carbocycles. The highest BCUT2D eigenvalue weighted by Gasteiger charge is 2.20. The quantitative estimate of drug-likeness (QED) is 0.478. The molecule has 0 saturated carbocycles. The molecule has 1 fully saturated rings. The second-order valence-corrected chi connectivity index (χ2v) is 6.27. The fraction of sp³-hybridized carbons (Fsp3) is 0.688. The highest BCUT2D eigenvalue weighted by atomic mass is 16.3. The standard InChI is InChI=1S/C16H28N4O/c1-13-9-14(2)12-20(11-13)7-4-6-18-16(17)19-10-15-5-3-8-21-15/h3,5,8,13-14H,4,6-7,9-12H2,1-2H3,(H3,17,18,19). The average Bonchev–Trinajstić information content (AvgIpc) is 2.93. The Morgan fingerprint density at radius 1 is 1.43 bits per heavy atom. The molecule has 1 aromatic heterocycles. The van der Waals surface area contributed by atoms with Crippen LogP contribution < -0.4 is 11.1 Å². The van der Waals surface area contributed by atoms with Crippen LogP contribution in [0.15, 0.2) is 27.8 Å². The second-order valence-electron chi connectivity index (χ2n) is 6.27. The lowest BCUT2D eigenvalue weighted by Gasteiger charge is -2.34. The number of rotatable bonds is 6. The maximum atomic E-state index is 5.84. The smallest absolute Gasteiger partial charge is 0.189 e. The molecule has 0 radical (unpaired) electrons. The first-order chi connectivity index (χ1) is 10.1. The fourth-order valence-electron chi connectivity index (χ4n) is 3.12. The van der Waals surface area contributed by atoms with Crippen molar-refractivity contribution in [3.8, 4) is 0 Å². The Kier molecular flexibility index (Phi) is 6.11. The number of furan rings is 1. The highest BCUT2D eigenvalue weighted by molar-refractivity contribution is 5.77. The molecule has 0 aromatic carbocycles. The Labute approximate surface area is 127 Å². The van der Waals surface area contributed by atoms with Crippen molar-refractivity contribution >= 4 is 5.96 Å². The van der Waals surface area contributed by atoms with E-state index in [2.05, 4.69) is 29.1 Å². The van der Waals surface area contributed by atoms with Crippen molar-refractivity contribution in [3.05, 3.63) is 24.2 Å². The summed E-state index contributed by atoms with van der Waals surface area (Å²) in [4.78, 5) is 6.82. The van der Waals surface area contributed by atoms with Crippen LogP contribution in [-0.2, 0) is 6.54 Å². The summed E-state index contributed by atoms with van der Waals surface area (Å²) in [5.74, 6) is 2.96. The molecular formula is C16H28N4O. The van der Waals surface area contributed by atoms with Gasteiger partial charge in [-0.25, -0.2) is 4.99 Å². The Bertz CT molecular complexity index is 419. The van der Waals surface area contributed by atoms with Gasteiger partial charge in [-0.3, -0.25) is 0 Å². The van der Waals surface area contributed by atoms with Gasteiger partial charge in [0.2, 0.25) is 0 Å². The van der Waals surface area contributed by atoms with Crippen molar-refractivity contribution in [2.45, 2.75) is 33.2 Å². The van der Waals surface area contributed by atoms with Crippen LogP contribution in [0.5, 0.6) is 0 Å². The molecule has 0 spiro atoms. The zero-order chi connectivity index (χ0) is 15.1. The van der Waals surface area contributed by atoms with E-state index >= 15 is 0 Å². The van der Waals surface area contributed by atoms with Gasteiger partial charge in [-0.05, 0) is 43.4 Å². The molecule has 1 saturated heterocycles. The van der Waals surface area contributed by atoms with E-state index in [4.69, 9.17) is 10.2 Å². The normalized spacial score (nSPS) is 24.2. The average molecular weight is 292 g/mol. The lowest BCUT2D eigenvalue weighted by Crippen LogP contribution is -2.40. The van der Waals surface area contributed by atoms with E-state index in [1.54, 1.807) is 6.26 Å². The largest absolute Gasteiger partial charge is 0.467 e. The highest BCUT2D eigenvalue weighted by Crippen LogP contribution is 2.20. The van der Waals surface area contributed by atoms with Gasteiger partial charge in [0.15, 0.2) is 5.96 Å². The SMILES string of the molecule is CC1CC(C)CN(CCCNC(N)=NCc2ccco2)C1. The summed E-state index contributed by atoms with van der Waals surface area (Å²) in [6.07, 6.45) is 4.10. The third-order valence-corrected chi connectivity index (χ3v) is 3.89. The van der Waals surface area contributed by atoms with Crippen molar-refractivity contribution in [1.29, 1.82) is 0 Å². The summed E-state index contributed by atoms with van der Waals surface area (Å²) in [7, 11) is 0. The first-order valence-electron chi connectivity index (χ1n) is 7.92. The summed E-state index contributed by atoms with van der Waals surface area (Å²) in [5, 5.41) is 3.17. The Morgan fingerprint density at radius 3 is 2.86 bits per heavy atom. The molecule has 0 bridgehead atoms. The van der Waals surface area contributed by atoms with E-state index in [9.17, 15) is 0 Å². The van der Waals surface area contributed by atoms with Gasteiger partial charge in [0.1, 0.15) is 12.3 Å². The van der Waals surface area contributed by atoms with Crippen LogP contribution in [0.25, 0.3) is 0 Å². The number of hydrogen-bond acceptors (Lipinski definition) is 3. The number of hydrogen-bond donors (Lipinski definition) is 2. The maximum Gasteiger partial charge on any atom is 0.189 e. The van der Waals surface area contributed by atoms with Crippen LogP contribution >= 0.6 is 0 Å². The number of nitrogens with zero attached hydrogens (tertiary/aromatic N) is 2. The minimum Gasteiger partial charge on any atom is -0.467 e. The van der Waals surface area contributed by atoms with E-state index in [1.807, 2.05) is 12.1 Å². The Balaban J connectivity index is 1.59. The van der Waals surface area contributed by atoms with Gasteiger partial charge < -0.3 is 20.4 Å². The Hall–Kier alpha value is -1.49. The van der Waals surface area contributed by atoms with Crippen LogP contribution in [0.2, 0.25) is 0 Å². The monoisotopic (exact) mass is 292 g/mol. The number of guanidine groups is 1. The van der Waals surface area contributed by atoms with Gasteiger partial charge in [0.25, 0.3) is 0 Å². The number of likely N-dealkylation sites (tertiary alicyclic amines) is 1. The topological polar surface area (TPSA) is 66.8 Å². The molecule has 1 aromatic rings. The van der Waals surface area contributed by atoms with Crippen LogP contribution in [0.4, 0.5) is 0 Å². The molecule has 1 aliphatic heterocycles. The zero-order valence-corrected chi connectivity index (χ0v) is 13.2. The number of nitrogens with one attached hydrogen (secondary N) is 1. The molecule has 2 unspecified atom stereocenters. The first kappa shape index (κ1) is 15.9. The lowest BCUT2D eigenvalue weighted by atomic mass is 9.92. The molecule has 5 nitrogen and oxygen atoms in total. The van der Waals surface area contributed by atoms with Crippen molar-refractivity contribution in [2.24, 2.45) is 22.6 Å². The third-order valence-electron chi connectivity index (χ3n) is 3.89. The predicted octanol–water partition coefficient (Wildman–Crippen LogP) is 2.05. The molecule has 2 atom stereocenters. The molecule has 1 aliphatic rings. The summed E-state index contributed by atoms with van der Waals surface area (Å²) >= 11 is 0. The van der Waals surface area contributed by atoms with Crippen molar-refractivity contribution < 1.29 is 4.42 Å². The zero-order valence-electron chi connectivity index (χ0n) is 13.2. The van der Waals surface area contributed by atoms with Gasteiger partial charge in [-0.2, -0.15) is 0 Å². The van der Waals surface area contributed by atoms with Gasteiger partial charge in [0.05, 0.1) is 6.26 Å². The lowest BCUT2D eigenvalue weighted by molar-refractivity contribution is 0.140. The van der Waals surface area contributed by atoms with E-state index in [-0.39, 0.29) is 0 Å². The van der Waals surface area contributed by atoms with Gasteiger partial charge >= 0.3 is 0 Å². The van der Waals surface area contributed by atoms with Crippen molar-refractivity contribution in [1.82, 2.24) is 10.2 Å². The van der Waals surface area contributed by atoms with E-state index in [0.29, 0.717) is 12.5 Å². The van der Waals surface area contributed by atoms with Crippen LogP contribution in [-0.4, -0.2) is 37.0 Å². The predicted molar refractivity (Wildman–Crippen MR) is 86.0 cm³/mol. The summed E-state index contributed by atoms with van der Waals surface area (Å²) in [6, 6.07) is 3.75. The molecule has 2 heterocycles. The van der Waals surface area contributed by atoms with Crippen LogP contribution in [0, 0.1) is 11.8 Å². The molecule has 2 rings (SSSR count). The minimum absolute atomic E-state index is 0.492. The molecule has 5 heteroatoms. The van der Waals surface area contributed by atoms with Crippen LogP contribution in [0.3, 0.4) is 0 Å². The fourth-order valence-corrected chi connectivity index (χ4v) is 3.12. The minimum atomic E-state index is 0.492. The number of aliphatic imine (C=N–C) groups is 1.